The van der Waals surface area contributed by atoms with Gasteiger partial charge in [-0.05, 0) is 56.3 Å². The first-order valence-electron chi connectivity index (χ1n) is 9.20. The summed E-state index contributed by atoms with van der Waals surface area (Å²) in [5, 5.41) is 3.70. The number of carbonyl (C=O) groups is 1. The van der Waals surface area contributed by atoms with Crippen LogP contribution in [-0.2, 0) is 4.79 Å². The van der Waals surface area contributed by atoms with E-state index in [2.05, 4.69) is 24.1 Å². The van der Waals surface area contributed by atoms with E-state index in [0.29, 0.717) is 11.9 Å². The topological polar surface area (TPSA) is 32.3 Å². The molecule has 2 heterocycles. The number of piperidine rings is 2. The summed E-state index contributed by atoms with van der Waals surface area (Å²) in [5.41, 5.74) is 0. The van der Waals surface area contributed by atoms with E-state index < -0.39 is 0 Å². The van der Waals surface area contributed by atoms with Gasteiger partial charge < -0.3 is 10.2 Å². The normalized spacial score (nSPS) is 34.8. The smallest absolute Gasteiger partial charge is 0.239 e. The largest absolute Gasteiger partial charge is 0.341 e. The van der Waals surface area contributed by atoms with Gasteiger partial charge in [0.15, 0.2) is 0 Å². The van der Waals surface area contributed by atoms with Crippen LogP contribution in [0.1, 0.15) is 65.2 Å². The first kappa shape index (κ1) is 15.3. The molecule has 21 heavy (non-hydrogen) atoms. The molecule has 2 aliphatic heterocycles. The van der Waals surface area contributed by atoms with Crippen LogP contribution in [0, 0.1) is 17.8 Å². The molecule has 1 aliphatic carbocycles. The molecule has 0 bridgehead atoms. The third-order valence-corrected chi connectivity index (χ3v) is 6.24. The van der Waals surface area contributed by atoms with Crippen molar-refractivity contribution in [2.75, 3.05) is 13.1 Å². The average molecular weight is 292 g/mol. The molecule has 3 unspecified atom stereocenters. The highest BCUT2D eigenvalue weighted by molar-refractivity contribution is 5.82. The standard InChI is InChI=1S/C18H32N2O/c1-13(2)14-9-11-20(12-10-14)18(21)17-8-7-15-5-3-4-6-16(15)19-17/h13-17,19H,3-12H2,1-2H3. The van der Waals surface area contributed by atoms with Crippen molar-refractivity contribution in [2.24, 2.45) is 17.8 Å². The third kappa shape index (κ3) is 3.44. The van der Waals surface area contributed by atoms with Crippen molar-refractivity contribution in [1.82, 2.24) is 10.2 Å². The molecule has 1 N–H and O–H groups in total. The maximum atomic E-state index is 12.8. The summed E-state index contributed by atoms with van der Waals surface area (Å²) < 4.78 is 0. The molecule has 3 aliphatic rings. The Balaban J connectivity index is 1.52. The van der Waals surface area contributed by atoms with Gasteiger partial charge in [-0.2, -0.15) is 0 Å². The van der Waals surface area contributed by atoms with Crippen LogP contribution in [0.15, 0.2) is 0 Å². The minimum Gasteiger partial charge on any atom is -0.341 e. The Morgan fingerprint density at radius 3 is 2.43 bits per heavy atom. The molecule has 0 radical (unpaired) electrons. The number of fused-ring (bicyclic) bond motifs is 1. The van der Waals surface area contributed by atoms with E-state index in [1.807, 2.05) is 0 Å². The lowest BCUT2D eigenvalue weighted by atomic mass is 9.77. The Bertz CT molecular complexity index is 360. The van der Waals surface area contributed by atoms with Gasteiger partial charge in [0.1, 0.15) is 0 Å². The summed E-state index contributed by atoms with van der Waals surface area (Å²) in [4.78, 5) is 14.9. The molecular formula is C18H32N2O. The highest BCUT2D eigenvalue weighted by Crippen LogP contribution is 2.33. The van der Waals surface area contributed by atoms with Gasteiger partial charge in [0.05, 0.1) is 6.04 Å². The number of carbonyl (C=O) groups excluding carboxylic acids is 1. The molecule has 0 aromatic rings. The minimum atomic E-state index is 0.111. The van der Waals surface area contributed by atoms with Crippen molar-refractivity contribution < 1.29 is 4.79 Å². The molecule has 0 aromatic heterocycles. The van der Waals surface area contributed by atoms with Crippen molar-refractivity contribution in [3.8, 4) is 0 Å². The van der Waals surface area contributed by atoms with E-state index in [1.165, 1.54) is 44.9 Å². The lowest BCUT2D eigenvalue weighted by molar-refractivity contribution is -0.136. The van der Waals surface area contributed by atoms with Crippen molar-refractivity contribution in [1.29, 1.82) is 0 Å². The highest BCUT2D eigenvalue weighted by atomic mass is 16.2. The summed E-state index contributed by atoms with van der Waals surface area (Å²) in [6, 6.07) is 0.731. The minimum absolute atomic E-state index is 0.111. The number of rotatable bonds is 2. The fourth-order valence-electron chi connectivity index (χ4n) is 4.70. The summed E-state index contributed by atoms with van der Waals surface area (Å²) in [6.07, 6.45) is 10.1. The molecule has 2 saturated heterocycles. The summed E-state index contributed by atoms with van der Waals surface area (Å²) in [5.74, 6) is 2.81. The van der Waals surface area contributed by atoms with Crippen LogP contribution in [0.2, 0.25) is 0 Å². The SMILES string of the molecule is CC(C)C1CCN(C(=O)C2CCC3CCCCC3N2)CC1. The van der Waals surface area contributed by atoms with Crippen molar-refractivity contribution >= 4 is 5.91 Å². The molecule has 3 atom stereocenters. The van der Waals surface area contributed by atoms with Crippen LogP contribution in [0.25, 0.3) is 0 Å². The Morgan fingerprint density at radius 2 is 1.71 bits per heavy atom. The van der Waals surface area contributed by atoms with Gasteiger partial charge in [0.2, 0.25) is 5.91 Å². The first-order chi connectivity index (χ1) is 10.1. The third-order valence-electron chi connectivity index (χ3n) is 6.24. The first-order valence-corrected chi connectivity index (χ1v) is 9.20. The van der Waals surface area contributed by atoms with Gasteiger partial charge >= 0.3 is 0 Å². The second kappa shape index (κ2) is 6.68. The zero-order valence-corrected chi connectivity index (χ0v) is 13.8. The molecule has 3 fully saturated rings. The van der Waals surface area contributed by atoms with E-state index in [1.54, 1.807) is 0 Å². The zero-order chi connectivity index (χ0) is 14.8. The van der Waals surface area contributed by atoms with E-state index >= 15 is 0 Å². The maximum Gasteiger partial charge on any atom is 0.239 e. The van der Waals surface area contributed by atoms with Gasteiger partial charge in [0.25, 0.3) is 0 Å². The number of hydrogen-bond acceptors (Lipinski definition) is 2. The number of nitrogens with one attached hydrogen (secondary N) is 1. The second-order valence-electron chi connectivity index (χ2n) is 7.85. The van der Waals surface area contributed by atoms with Crippen LogP contribution in [0.5, 0.6) is 0 Å². The van der Waals surface area contributed by atoms with Gasteiger partial charge in [0, 0.05) is 19.1 Å². The van der Waals surface area contributed by atoms with E-state index in [9.17, 15) is 4.79 Å². The predicted octanol–water partition coefficient (Wildman–Crippen LogP) is 3.19. The zero-order valence-electron chi connectivity index (χ0n) is 13.8. The molecule has 3 nitrogen and oxygen atoms in total. The second-order valence-corrected chi connectivity index (χ2v) is 7.85. The van der Waals surface area contributed by atoms with Crippen LogP contribution >= 0.6 is 0 Å². The Morgan fingerprint density at radius 1 is 1.00 bits per heavy atom. The Kier molecular flexibility index (Phi) is 4.88. The van der Waals surface area contributed by atoms with Crippen molar-refractivity contribution in [2.45, 2.75) is 77.3 Å². The number of likely N-dealkylation sites (tertiary alicyclic amines) is 1. The summed E-state index contributed by atoms with van der Waals surface area (Å²) >= 11 is 0. The van der Waals surface area contributed by atoms with Crippen LogP contribution < -0.4 is 5.32 Å². The van der Waals surface area contributed by atoms with Crippen LogP contribution in [0.3, 0.4) is 0 Å². The fraction of sp³-hybridized carbons (Fsp3) is 0.944. The van der Waals surface area contributed by atoms with Gasteiger partial charge in [-0.15, -0.1) is 0 Å². The molecule has 1 amide bonds. The van der Waals surface area contributed by atoms with Gasteiger partial charge in [-0.1, -0.05) is 26.7 Å². The van der Waals surface area contributed by atoms with Crippen LogP contribution in [0.4, 0.5) is 0 Å². The number of amides is 1. The van der Waals surface area contributed by atoms with E-state index in [-0.39, 0.29) is 6.04 Å². The molecule has 1 saturated carbocycles. The Labute approximate surface area is 129 Å². The molecular weight excluding hydrogens is 260 g/mol. The lowest BCUT2D eigenvalue weighted by Gasteiger charge is -2.42. The molecule has 120 valence electrons. The van der Waals surface area contributed by atoms with Gasteiger partial charge in [-0.3, -0.25) is 4.79 Å². The lowest BCUT2D eigenvalue weighted by Crippen LogP contribution is -2.56. The van der Waals surface area contributed by atoms with E-state index in [0.717, 1.165) is 37.3 Å². The molecule has 0 aromatic carbocycles. The summed E-state index contributed by atoms with van der Waals surface area (Å²) in [6.45, 7) is 6.59. The molecule has 0 spiro atoms. The number of hydrogen-bond donors (Lipinski definition) is 1. The Hall–Kier alpha value is -0.570. The monoisotopic (exact) mass is 292 g/mol. The fourth-order valence-corrected chi connectivity index (χ4v) is 4.70. The predicted molar refractivity (Wildman–Crippen MR) is 86.0 cm³/mol. The number of nitrogens with zero attached hydrogens (tertiary/aromatic N) is 1. The maximum absolute atomic E-state index is 12.8. The van der Waals surface area contributed by atoms with Crippen molar-refractivity contribution in [3.63, 3.8) is 0 Å². The molecule has 3 heteroatoms. The highest BCUT2D eigenvalue weighted by Gasteiger charge is 2.36. The van der Waals surface area contributed by atoms with Gasteiger partial charge in [-0.25, -0.2) is 0 Å². The van der Waals surface area contributed by atoms with E-state index in [4.69, 9.17) is 0 Å². The van der Waals surface area contributed by atoms with Crippen LogP contribution in [-0.4, -0.2) is 36.0 Å². The molecule has 3 rings (SSSR count). The van der Waals surface area contributed by atoms with Crippen molar-refractivity contribution in [3.05, 3.63) is 0 Å². The average Bonchev–Trinajstić information content (AvgIpc) is 2.54. The quantitative estimate of drug-likeness (QED) is 0.847. The summed E-state index contributed by atoms with van der Waals surface area (Å²) in [7, 11) is 0.